The molecule has 0 aliphatic carbocycles. The molecule has 0 aliphatic rings. The molecule has 1 atom stereocenters. The van der Waals surface area contributed by atoms with Crippen LogP contribution in [0.15, 0.2) is 38.6 Å². The van der Waals surface area contributed by atoms with Gasteiger partial charge in [-0.1, -0.05) is 25.1 Å². The van der Waals surface area contributed by atoms with Crippen molar-refractivity contribution in [3.63, 3.8) is 0 Å². The molecule has 0 amide bonds. The second-order valence-corrected chi connectivity index (χ2v) is 7.49. The lowest BCUT2D eigenvalue weighted by molar-refractivity contribution is 0.334. The summed E-state index contributed by atoms with van der Waals surface area (Å²) in [4.78, 5) is 1.26. The van der Waals surface area contributed by atoms with Crippen LogP contribution < -0.4 is 10.1 Å². The quantitative estimate of drug-likeness (QED) is 0.680. The number of hydrogen-bond acceptors (Lipinski definition) is 3. The zero-order chi connectivity index (χ0) is 14.5. The first-order chi connectivity index (χ1) is 9.67. The highest BCUT2D eigenvalue weighted by Crippen LogP contribution is 2.39. The minimum Gasteiger partial charge on any atom is -0.494 e. The number of ether oxygens (including phenoxy) is 1. The normalized spacial score (nSPS) is 12.4. The number of hydrogen-bond donors (Lipinski definition) is 1. The SMILES string of the molecule is CCNC(c1cc(Br)c(Br)s1)c1ccccc1OCC. The van der Waals surface area contributed by atoms with E-state index in [-0.39, 0.29) is 6.04 Å². The molecule has 0 spiro atoms. The Morgan fingerprint density at radius 1 is 1.25 bits per heavy atom. The van der Waals surface area contributed by atoms with Crippen LogP contribution in [0, 0.1) is 0 Å². The smallest absolute Gasteiger partial charge is 0.124 e. The lowest BCUT2D eigenvalue weighted by atomic mass is 10.0. The van der Waals surface area contributed by atoms with Gasteiger partial charge in [0.2, 0.25) is 0 Å². The summed E-state index contributed by atoms with van der Waals surface area (Å²) in [5.41, 5.74) is 1.18. The molecular weight excluding hydrogens is 402 g/mol. The van der Waals surface area contributed by atoms with Crippen molar-refractivity contribution in [2.45, 2.75) is 19.9 Å². The topological polar surface area (TPSA) is 21.3 Å². The van der Waals surface area contributed by atoms with E-state index < -0.39 is 0 Å². The molecule has 1 heterocycles. The maximum atomic E-state index is 5.76. The van der Waals surface area contributed by atoms with Gasteiger partial charge in [0.05, 0.1) is 16.4 Å². The summed E-state index contributed by atoms with van der Waals surface area (Å²) < 4.78 is 7.97. The highest BCUT2D eigenvalue weighted by molar-refractivity contribution is 9.13. The first-order valence-corrected chi connectivity index (χ1v) is 8.97. The van der Waals surface area contributed by atoms with Crippen LogP contribution in [-0.2, 0) is 0 Å². The van der Waals surface area contributed by atoms with Crippen molar-refractivity contribution in [1.29, 1.82) is 0 Å². The Balaban J connectivity index is 2.42. The maximum Gasteiger partial charge on any atom is 0.124 e. The van der Waals surface area contributed by atoms with Gasteiger partial charge in [0.1, 0.15) is 5.75 Å². The molecule has 20 heavy (non-hydrogen) atoms. The molecule has 0 fully saturated rings. The molecule has 5 heteroatoms. The first-order valence-electron chi connectivity index (χ1n) is 6.57. The fraction of sp³-hybridized carbons (Fsp3) is 0.333. The van der Waals surface area contributed by atoms with Crippen molar-refractivity contribution >= 4 is 43.2 Å². The summed E-state index contributed by atoms with van der Waals surface area (Å²) in [6, 6.07) is 10.5. The minimum atomic E-state index is 0.148. The Bertz CT molecular complexity index is 551. The molecule has 2 nitrogen and oxygen atoms in total. The van der Waals surface area contributed by atoms with E-state index in [0.29, 0.717) is 6.61 Å². The predicted molar refractivity (Wildman–Crippen MR) is 92.8 cm³/mol. The number of benzene rings is 1. The molecule has 1 N–H and O–H groups in total. The lowest BCUT2D eigenvalue weighted by Crippen LogP contribution is -2.21. The number of nitrogens with one attached hydrogen (secondary N) is 1. The van der Waals surface area contributed by atoms with Gasteiger partial charge >= 0.3 is 0 Å². The molecule has 1 aromatic heterocycles. The van der Waals surface area contributed by atoms with E-state index in [2.05, 4.69) is 62.3 Å². The zero-order valence-corrected chi connectivity index (χ0v) is 15.4. The predicted octanol–water partition coefficient (Wildman–Crippen LogP) is 5.37. The summed E-state index contributed by atoms with van der Waals surface area (Å²) in [6.07, 6.45) is 0. The third-order valence-electron chi connectivity index (χ3n) is 2.89. The first kappa shape index (κ1) is 16.0. The summed E-state index contributed by atoms with van der Waals surface area (Å²) in [6.45, 7) is 5.71. The molecule has 0 aliphatic heterocycles. The van der Waals surface area contributed by atoms with Gasteiger partial charge in [-0.05, 0) is 57.5 Å². The second kappa shape index (κ2) is 7.59. The number of thiophene rings is 1. The summed E-state index contributed by atoms with van der Waals surface area (Å²) >= 11 is 8.87. The molecule has 0 bridgehead atoms. The Hall–Kier alpha value is -0.360. The second-order valence-electron chi connectivity index (χ2n) is 4.23. The number of para-hydroxylation sites is 1. The average Bonchev–Trinajstić information content (AvgIpc) is 2.77. The van der Waals surface area contributed by atoms with Crippen molar-refractivity contribution < 1.29 is 4.74 Å². The van der Waals surface area contributed by atoms with Gasteiger partial charge in [-0.3, -0.25) is 0 Å². The van der Waals surface area contributed by atoms with Gasteiger partial charge in [-0.15, -0.1) is 11.3 Å². The monoisotopic (exact) mass is 417 g/mol. The highest BCUT2D eigenvalue weighted by Gasteiger charge is 2.20. The Morgan fingerprint density at radius 2 is 2.00 bits per heavy atom. The van der Waals surface area contributed by atoms with Crippen LogP contribution in [0.5, 0.6) is 5.75 Å². The summed E-state index contributed by atoms with van der Waals surface area (Å²) in [7, 11) is 0. The van der Waals surface area contributed by atoms with E-state index in [1.54, 1.807) is 11.3 Å². The van der Waals surface area contributed by atoms with E-state index in [4.69, 9.17) is 4.74 Å². The maximum absolute atomic E-state index is 5.76. The Kier molecular flexibility index (Phi) is 6.08. The van der Waals surface area contributed by atoms with Gasteiger partial charge < -0.3 is 10.1 Å². The third kappa shape index (κ3) is 3.64. The van der Waals surface area contributed by atoms with E-state index in [1.165, 1.54) is 10.4 Å². The van der Waals surface area contributed by atoms with Crippen LogP contribution in [0.2, 0.25) is 0 Å². The van der Waals surface area contributed by atoms with E-state index in [1.807, 2.05) is 19.1 Å². The highest BCUT2D eigenvalue weighted by atomic mass is 79.9. The van der Waals surface area contributed by atoms with Crippen LogP contribution in [0.25, 0.3) is 0 Å². The molecule has 2 rings (SSSR count). The fourth-order valence-electron chi connectivity index (χ4n) is 2.08. The summed E-state index contributed by atoms with van der Waals surface area (Å²) in [5, 5.41) is 3.54. The van der Waals surface area contributed by atoms with E-state index >= 15 is 0 Å². The Labute approximate surface area is 140 Å². The van der Waals surface area contributed by atoms with Crippen LogP contribution in [-0.4, -0.2) is 13.2 Å². The van der Waals surface area contributed by atoms with Gasteiger partial charge in [-0.25, -0.2) is 0 Å². The van der Waals surface area contributed by atoms with Crippen LogP contribution in [0.1, 0.15) is 30.3 Å². The Morgan fingerprint density at radius 3 is 2.60 bits per heavy atom. The number of rotatable bonds is 6. The largest absolute Gasteiger partial charge is 0.494 e. The average molecular weight is 419 g/mol. The molecule has 1 aromatic carbocycles. The molecular formula is C15H17Br2NOS. The van der Waals surface area contributed by atoms with E-state index in [0.717, 1.165) is 20.6 Å². The van der Waals surface area contributed by atoms with Gasteiger partial charge in [0, 0.05) is 14.9 Å². The number of halogens is 2. The van der Waals surface area contributed by atoms with Crippen LogP contribution in [0.4, 0.5) is 0 Å². The molecule has 0 saturated carbocycles. The standard InChI is InChI=1S/C15H17Br2NOS/c1-3-18-14(13-9-11(16)15(17)20-13)10-7-5-6-8-12(10)19-4-2/h5-9,14,18H,3-4H2,1-2H3. The van der Waals surface area contributed by atoms with Crippen molar-refractivity contribution in [2.24, 2.45) is 0 Å². The van der Waals surface area contributed by atoms with Crippen LogP contribution in [0.3, 0.4) is 0 Å². The van der Waals surface area contributed by atoms with Crippen molar-refractivity contribution in [3.05, 3.63) is 49.0 Å². The van der Waals surface area contributed by atoms with Gasteiger partial charge in [0.15, 0.2) is 0 Å². The van der Waals surface area contributed by atoms with Gasteiger partial charge in [-0.2, -0.15) is 0 Å². The van der Waals surface area contributed by atoms with Crippen molar-refractivity contribution in [2.75, 3.05) is 13.2 Å². The van der Waals surface area contributed by atoms with Crippen molar-refractivity contribution in [1.82, 2.24) is 5.32 Å². The van der Waals surface area contributed by atoms with Crippen molar-refractivity contribution in [3.8, 4) is 5.75 Å². The molecule has 2 aromatic rings. The lowest BCUT2D eigenvalue weighted by Gasteiger charge is -2.20. The fourth-order valence-corrected chi connectivity index (χ4v) is 4.26. The molecule has 0 radical (unpaired) electrons. The molecule has 0 saturated heterocycles. The minimum absolute atomic E-state index is 0.148. The van der Waals surface area contributed by atoms with Gasteiger partial charge in [0.25, 0.3) is 0 Å². The molecule has 108 valence electrons. The van der Waals surface area contributed by atoms with E-state index in [9.17, 15) is 0 Å². The zero-order valence-electron chi connectivity index (χ0n) is 11.5. The third-order valence-corrected chi connectivity index (χ3v) is 6.21. The summed E-state index contributed by atoms with van der Waals surface area (Å²) in [5.74, 6) is 0.946. The molecule has 1 unspecified atom stereocenters. The van der Waals surface area contributed by atoms with Crippen LogP contribution >= 0.6 is 43.2 Å².